The predicted molar refractivity (Wildman–Crippen MR) is 120 cm³/mol. The van der Waals surface area contributed by atoms with Crippen LogP contribution in [0.5, 0.6) is 6.01 Å². The molecular weight excluding hydrogens is 583 g/mol. The van der Waals surface area contributed by atoms with Gasteiger partial charge >= 0.3 is 30.3 Å². The molecule has 4 rings (SSSR count). The maximum atomic E-state index is 14.1. The number of hydrogen-bond donors (Lipinski definition) is 3. The Bertz CT molecular complexity index is 1220. The highest BCUT2D eigenvalue weighted by Crippen LogP contribution is 2.38. The van der Waals surface area contributed by atoms with Crippen LogP contribution in [0.2, 0.25) is 0 Å². The second kappa shape index (κ2) is 13.3. The molecule has 18 heteroatoms. The van der Waals surface area contributed by atoms with Gasteiger partial charge in [0, 0.05) is 48.9 Å². The zero-order chi connectivity index (χ0) is 31.3. The van der Waals surface area contributed by atoms with Crippen molar-refractivity contribution in [2.24, 2.45) is 5.73 Å². The van der Waals surface area contributed by atoms with E-state index in [4.69, 9.17) is 30.3 Å². The molecule has 1 fully saturated rings. The van der Waals surface area contributed by atoms with Crippen LogP contribution in [0.15, 0.2) is 18.3 Å². The molecule has 2 aliphatic rings. The molecule has 0 radical (unpaired) electrons. The lowest BCUT2D eigenvalue weighted by atomic mass is 9.77. The lowest BCUT2D eigenvalue weighted by Gasteiger charge is -2.38. The largest absolute Gasteiger partial charge is 0.490 e. The van der Waals surface area contributed by atoms with Crippen molar-refractivity contribution in [3.05, 3.63) is 52.6 Å². The van der Waals surface area contributed by atoms with E-state index in [0.29, 0.717) is 31.5 Å². The van der Waals surface area contributed by atoms with Crippen LogP contribution in [0.4, 0.5) is 39.5 Å². The third kappa shape index (κ3) is 9.17. The predicted octanol–water partition coefficient (Wildman–Crippen LogP) is 4.15. The summed E-state index contributed by atoms with van der Waals surface area (Å²) in [5.41, 5.74) is 8.50. The van der Waals surface area contributed by atoms with E-state index in [2.05, 4.69) is 14.9 Å². The quantitative estimate of drug-likeness (QED) is 0.348. The zero-order valence-corrected chi connectivity index (χ0v) is 20.9. The van der Waals surface area contributed by atoms with E-state index >= 15 is 0 Å². The van der Waals surface area contributed by atoms with E-state index in [-0.39, 0.29) is 23.6 Å². The number of alkyl halides is 6. The van der Waals surface area contributed by atoms with Crippen LogP contribution in [0.3, 0.4) is 0 Å². The summed E-state index contributed by atoms with van der Waals surface area (Å²) in [6.45, 7) is 1.43. The molecule has 0 amide bonds. The van der Waals surface area contributed by atoms with Crippen molar-refractivity contribution in [1.82, 2.24) is 14.9 Å². The van der Waals surface area contributed by atoms with Gasteiger partial charge in [-0.1, -0.05) is 0 Å². The Kier molecular flexibility index (Phi) is 10.9. The standard InChI is InChI=1S/C19H21F3N4O.2C2HF3O2/c1-27-19-24-7-10-8-26(9-18(10)25-19)11-2-3-12(17(23)4-11)13-5-15(21)16(22)6-14(13)20;2*3-2(4,5)1(6)7/h5-7,11-12,17H,2-4,8-9,23H2,1H3;2*(H,6,7)/t11-,12+,17-;;/m0../s1. The number of carboxylic acids is 2. The molecule has 0 saturated heterocycles. The monoisotopic (exact) mass is 606 g/mol. The Balaban J connectivity index is 0.000000349. The summed E-state index contributed by atoms with van der Waals surface area (Å²) in [5, 5.41) is 14.2. The van der Waals surface area contributed by atoms with Crippen LogP contribution in [-0.4, -0.2) is 68.6 Å². The number of ether oxygens (including phenoxy) is 1. The van der Waals surface area contributed by atoms with Gasteiger partial charge in [0.25, 0.3) is 0 Å². The Labute approximate surface area is 225 Å². The van der Waals surface area contributed by atoms with Crippen molar-refractivity contribution in [1.29, 1.82) is 0 Å². The van der Waals surface area contributed by atoms with E-state index in [1.807, 2.05) is 0 Å². The highest BCUT2D eigenvalue weighted by Gasteiger charge is 2.39. The fraction of sp³-hybridized carbons (Fsp3) is 0.478. The first-order chi connectivity index (χ1) is 18.8. The molecule has 1 aromatic carbocycles. The first-order valence-corrected chi connectivity index (χ1v) is 11.5. The van der Waals surface area contributed by atoms with Crippen LogP contribution >= 0.6 is 0 Å². The second-order valence-corrected chi connectivity index (χ2v) is 8.86. The van der Waals surface area contributed by atoms with Crippen molar-refractivity contribution >= 4 is 11.9 Å². The number of rotatable bonds is 3. The third-order valence-electron chi connectivity index (χ3n) is 6.15. The zero-order valence-electron chi connectivity index (χ0n) is 20.9. The van der Waals surface area contributed by atoms with E-state index in [0.717, 1.165) is 30.3 Å². The summed E-state index contributed by atoms with van der Waals surface area (Å²) in [6, 6.07) is 1.80. The molecule has 1 saturated carbocycles. The van der Waals surface area contributed by atoms with Crippen LogP contribution in [-0.2, 0) is 22.7 Å². The fourth-order valence-corrected chi connectivity index (χ4v) is 4.24. The third-order valence-corrected chi connectivity index (χ3v) is 6.15. The van der Waals surface area contributed by atoms with Gasteiger partial charge in [-0.05, 0) is 30.9 Å². The normalized spacial score (nSPS) is 20.6. The maximum Gasteiger partial charge on any atom is 0.490 e. The molecule has 9 nitrogen and oxygen atoms in total. The SMILES string of the molecule is COc1ncc2c(n1)CN([C@H]1CC[C@H](c3cc(F)c(F)cc3F)[C@@H](N)C1)C2.O=C(O)C(F)(F)F.O=C(O)C(F)(F)F. The van der Waals surface area contributed by atoms with Gasteiger partial charge in [-0.15, -0.1) is 0 Å². The van der Waals surface area contributed by atoms with Crippen LogP contribution < -0.4 is 10.5 Å². The van der Waals surface area contributed by atoms with Gasteiger partial charge < -0.3 is 20.7 Å². The summed E-state index contributed by atoms with van der Waals surface area (Å²) in [4.78, 5) is 28.6. The van der Waals surface area contributed by atoms with Gasteiger partial charge in [0.15, 0.2) is 11.6 Å². The molecule has 1 aliphatic carbocycles. The number of nitrogens with zero attached hydrogens (tertiary/aromatic N) is 3. The van der Waals surface area contributed by atoms with Gasteiger partial charge in [0.1, 0.15) is 5.82 Å². The Morgan fingerprint density at radius 2 is 1.49 bits per heavy atom. The molecule has 0 spiro atoms. The minimum absolute atomic E-state index is 0.167. The number of carboxylic acid groups (broad SMARTS) is 2. The molecule has 1 aromatic heterocycles. The lowest BCUT2D eigenvalue weighted by Crippen LogP contribution is -2.44. The van der Waals surface area contributed by atoms with E-state index < -0.39 is 41.7 Å². The molecule has 228 valence electrons. The molecule has 41 heavy (non-hydrogen) atoms. The molecule has 4 N–H and O–H groups in total. The van der Waals surface area contributed by atoms with Crippen molar-refractivity contribution in [2.75, 3.05) is 7.11 Å². The first kappa shape index (κ1) is 33.5. The summed E-state index contributed by atoms with van der Waals surface area (Å²) in [6.07, 6.45) is -6.31. The number of halogens is 9. The highest BCUT2D eigenvalue weighted by molar-refractivity contribution is 5.73. The van der Waals surface area contributed by atoms with Gasteiger partial charge in [-0.25, -0.2) is 27.7 Å². The van der Waals surface area contributed by atoms with Crippen molar-refractivity contribution < 1.29 is 64.1 Å². The first-order valence-electron chi connectivity index (χ1n) is 11.5. The van der Waals surface area contributed by atoms with Crippen LogP contribution in [0.25, 0.3) is 0 Å². The van der Waals surface area contributed by atoms with Crippen LogP contribution in [0.1, 0.15) is 42.0 Å². The van der Waals surface area contributed by atoms with Gasteiger partial charge in [0.05, 0.1) is 12.8 Å². The van der Waals surface area contributed by atoms with Gasteiger partial charge in [-0.2, -0.15) is 31.3 Å². The van der Waals surface area contributed by atoms with Gasteiger partial charge in [0.2, 0.25) is 0 Å². The number of hydrogen-bond acceptors (Lipinski definition) is 7. The summed E-state index contributed by atoms with van der Waals surface area (Å²) >= 11 is 0. The Morgan fingerprint density at radius 1 is 0.951 bits per heavy atom. The number of carbonyl (C=O) groups is 2. The number of aromatic nitrogens is 2. The number of nitrogens with two attached hydrogens (primary N) is 1. The van der Waals surface area contributed by atoms with Gasteiger partial charge in [-0.3, -0.25) is 4.90 Å². The maximum absolute atomic E-state index is 14.1. The molecule has 0 bridgehead atoms. The topological polar surface area (TPSA) is 139 Å². The molecule has 3 atom stereocenters. The molecular formula is C23H23F9N4O5. The van der Waals surface area contributed by atoms with E-state index in [9.17, 15) is 39.5 Å². The number of fused-ring (bicyclic) bond motifs is 1. The fourth-order valence-electron chi connectivity index (χ4n) is 4.24. The summed E-state index contributed by atoms with van der Waals surface area (Å²) in [5.74, 6) is -8.78. The van der Waals surface area contributed by atoms with E-state index in [1.165, 1.54) is 7.11 Å². The van der Waals surface area contributed by atoms with E-state index in [1.54, 1.807) is 6.20 Å². The molecule has 0 unspecified atom stereocenters. The number of benzene rings is 1. The average molecular weight is 606 g/mol. The summed E-state index contributed by atoms with van der Waals surface area (Å²) < 4.78 is 109. The number of aliphatic carboxylic acids is 2. The Morgan fingerprint density at radius 3 is 1.98 bits per heavy atom. The Hall–Kier alpha value is -3.67. The molecule has 2 heterocycles. The minimum Gasteiger partial charge on any atom is -0.475 e. The summed E-state index contributed by atoms with van der Waals surface area (Å²) in [7, 11) is 1.53. The smallest absolute Gasteiger partial charge is 0.475 e. The minimum atomic E-state index is -5.08. The molecule has 2 aromatic rings. The van der Waals surface area contributed by atoms with Crippen molar-refractivity contribution in [3.63, 3.8) is 0 Å². The molecule has 1 aliphatic heterocycles. The van der Waals surface area contributed by atoms with Crippen molar-refractivity contribution in [3.8, 4) is 6.01 Å². The number of methoxy groups -OCH3 is 1. The highest BCUT2D eigenvalue weighted by atomic mass is 19.4. The average Bonchev–Trinajstić information content (AvgIpc) is 3.29. The van der Waals surface area contributed by atoms with Crippen molar-refractivity contribution in [2.45, 2.75) is 62.7 Å². The van der Waals surface area contributed by atoms with Crippen LogP contribution in [0, 0.1) is 17.5 Å². The lowest BCUT2D eigenvalue weighted by molar-refractivity contribution is -0.193. The second-order valence-electron chi connectivity index (χ2n) is 8.86.